The number of ether oxygens (including phenoxy) is 1. The molecule has 1 aromatic heterocycles. The van der Waals surface area contributed by atoms with Gasteiger partial charge in [-0.3, -0.25) is 0 Å². The van der Waals surface area contributed by atoms with E-state index >= 15 is 0 Å². The second-order valence-electron chi connectivity index (χ2n) is 4.41. The third-order valence-corrected chi connectivity index (χ3v) is 2.65. The first-order valence-electron chi connectivity index (χ1n) is 5.98. The zero-order valence-electron chi connectivity index (χ0n) is 10.6. The highest BCUT2D eigenvalue weighted by molar-refractivity contribution is 5.31. The molecule has 0 aliphatic rings. The summed E-state index contributed by atoms with van der Waals surface area (Å²) in [5, 5.41) is 0. The lowest BCUT2D eigenvalue weighted by atomic mass is 10.0. The number of aromatic nitrogens is 2. The van der Waals surface area contributed by atoms with Gasteiger partial charge in [0.2, 0.25) is 0 Å². The van der Waals surface area contributed by atoms with Crippen molar-refractivity contribution in [1.82, 2.24) is 9.97 Å². The minimum Gasteiger partial charge on any atom is -0.424 e. The molecule has 0 spiro atoms. The van der Waals surface area contributed by atoms with E-state index in [4.69, 9.17) is 10.5 Å². The standard InChI is InChI=1S/C14H17N3O/c1-10(2)12-4-3-5-13(6-12)18-14-16-8-11(7-15)9-17-14/h3-6,8-10H,7,15H2,1-2H3. The molecule has 0 fully saturated rings. The van der Waals surface area contributed by atoms with Crippen molar-refractivity contribution in [3.8, 4) is 11.8 Å². The van der Waals surface area contributed by atoms with Crippen LogP contribution in [-0.4, -0.2) is 9.97 Å². The molecule has 0 atom stereocenters. The lowest BCUT2D eigenvalue weighted by Gasteiger charge is -2.08. The Balaban J connectivity index is 2.15. The van der Waals surface area contributed by atoms with Gasteiger partial charge in [-0.1, -0.05) is 26.0 Å². The van der Waals surface area contributed by atoms with Crippen LogP contribution >= 0.6 is 0 Å². The Kier molecular flexibility index (Phi) is 3.89. The molecule has 2 N–H and O–H groups in total. The largest absolute Gasteiger partial charge is 0.424 e. The van der Waals surface area contributed by atoms with Crippen LogP contribution in [0.4, 0.5) is 0 Å². The molecule has 1 aromatic carbocycles. The number of rotatable bonds is 4. The predicted octanol–water partition coefficient (Wildman–Crippen LogP) is 2.85. The second-order valence-corrected chi connectivity index (χ2v) is 4.41. The van der Waals surface area contributed by atoms with Gasteiger partial charge in [-0.05, 0) is 23.6 Å². The smallest absolute Gasteiger partial charge is 0.321 e. The first kappa shape index (κ1) is 12.5. The molecule has 94 valence electrons. The van der Waals surface area contributed by atoms with Crippen molar-refractivity contribution in [2.24, 2.45) is 5.73 Å². The normalized spacial score (nSPS) is 10.7. The summed E-state index contributed by atoms with van der Waals surface area (Å²) in [7, 11) is 0. The van der Waals surface area contributed by atoms with Gasteiger partial charge in [-0.2, -0.15) is 0 Å². The molecule has 4 nitrogen and oxygen atoms in total. The van der Waals surface area contributed by atoms with Gasteiger partial charge < -0.3 is 10.5 Å². The van der Waals surface area contributed by atoms with Gasteiger partial charge in [-0.25, -0.2) is 9.97 Å². The number of hydrogen-bond donors (Lipinski definition) is 1. The Morgan fingerprint density at radius 2 is 1.94 bits per heavy atom. The van der Waals surface area contributed by atoms with E-state index in [1.807, 2.05) is 18.2 Å². The summed E-state index contributed by atoms with van der Waals surface area (Å²) in [5.74, 6) is 1.22. The first-order valence-corrected chi connectivity index (χ1v) is 5.98. The molecule has 0 aliphatic carbocycles. The fourth-order valence-electron chi connectivity index (χ4n) is 1.54. The molecule has 0 unspecified atom stereocenters. The maximum atomic E-state index is 5.61. The highest BCUT2D eigenvalue weighted by Gasteiger charge is 2.03. The van der Waals surface area contributed by atoms with Gasteiger partial charge in [0.25, 0.3) is 0 Å². The average molecular weight is 243 g/mol. The minimum atomic E-state index is 0.341. The summed E-state index contributed by atoms with van der Waals surface area (Å²) in [6.07, 6.45) is 3.35. The molecule has 0 radical (unpaired) electrons. The second kappa shape index (κ2) is 5.60. The monoisotopic (exact) mass is 243 g/mol. The van der Waals surface area contributed by atoms with Crippen LogP contribution in [0.15, 0.2) is 36.7 Å². The van der Waals surface area contributed by atoms with E-state index in [1.54, 1.807) is 12.4 Å². The van der Waals surface area contributed by atoms with E-state index in [-0.39, 0.29) is 0 Å². The molecule has 18 heavy (non-hydrogen) atoms. The van der Waals surface area contributed by atoms with Crippen LogP contribution in [0, 0.1) is 0 Å². The third-order valence-electron chi connectivity index (χ3n) is 2.65. The van der Waals surface area contributed by atoms with Crippen LogP contribution in [0.25, 0.3) is 0 Å². The minimum absolute atomic E-state index is 0.341. The summed E-state index contributed by atoms with van der Waals surface area (Å²) in [4.78, 5) is 8.21. The lowest BCUT2D eigenvalue weighted by Crippen LogP contribution is -1.99. The van der Waals surface area contributed by atoms with Crippen molar-refractivity contribution in [3.05, 3.63) is 47.8 Å². The van der Waals surface area contributed by atoms with E-state index in [1.165, 1.54) is 5.56 Å². The molecular formula is C14H17N3O. The van der Waals surface area contributed by atoms with Gasteiger partial charge in [-0.15, -0.1) is 0 Å². The van der Waals surface area contributed by atoms with Crippen molar-refractivity contribution in [1.29, 1.82) is 0 Å². The lowest BCUT2D eigenvalue weighted by molar-refractivity contribution is 0.440. The third kappa shape index (κ3) is 3.05. The Morgan fingerprint density at radius 3 is 2.56 bits per heavy atom. The number of hydrogen-bond acceptors (Lipinski definition) is 4. The maximum Gasteiger partial charge on any atom is 0.321 e. The first-order chi connectivity index (χ1) is 8.69. The van der Waals surface area contributed by atoms with E-state index in [9.17, 15) is 0 Å². The molecule has 2 rings (SSSR count). The van der Waals surface area contributed by atoms with Gasteiger partial charge in [0.05, 0.1) is 0 Å². The van der Waals surface area contributed by atoms with Crippen molar-refractivity contribution in [3.63, 3.8) is 0 Å². The molecule has 1 heterocycles. The maximum absolute atomic E-state index is 5.61. The number of benzene rings is 1. The van der Waals surface area contributed by atoms with E-state index in [2.05, 4.69) is 29.9 Å². The molecule has 0 saturated heterocycles. The number of nitrogens with two attached hydrogens (primary N) is 1. The Labute approximate surface area is 107 Å². The summed E-state index contributed by atoms with van der Waals surface area (Å²) in [6.45, 7) is 4.72. The zero-order valence-corrected chi connectivity index (χ0v) is 10.6. The molecule has 0 bridgehead atoms. The van der Waals surface area contributed by atoms with Crippen LogP contribution in [0.3, 0.4) is 0 Å². The van der Waals surface area contributed by atoms with Gasteiger partial charge in [0.15, 0.2) is 0 Å². The predicted molar refractivity (Wildman–Crippen MR) is 70.5 cm³/mol. The molecule has 4 heteroatoms. The molecule has 0 saturated carbocycles. The topological polar surface area (TPSA) is 61.0 Å². The molecule has 0 amide bonds. The van der Waals surface area contributed by atoms with Gasteiger partial charge in [0.1, 0.15) is 5.75 Å². The highest BCUT2D eigenvalue weighted by Crippen LogP contribution is 2.23. The molecular weight excluding hydrogens is 226 g/mol. The van der Waals surface area contributed by atoms with E-state index in [0.29, 0.717) is 18.5 Å². The van der Waals surface area contributed by atoms with Gasteiger partial charge >= 0.3 is 6.01 Å². The van der Waals surface area contributed by atoms with Crippen LogP contribution in [0.1, 0.15) is 30.9 Å². The Morgan fingerprint density at radius 1 is 1.22 bits per heavy atom. The van der Waals surface area contributed by atoms with Gasteiger partial charge in [0, 0.05) is 24.5 Å². The molecule has 2 aromatic rings. The van der Waals surface area contributed by atoms with E-state index in [0.717, 1.165) is 11.3 Å². The average Bonchev–Trinajstić information content (AvgIpc) is 2.40. The summed E-state index contributed by atoms with van der Waals surface area (Å²) in [6, 6.07) is 8.29. The van der Waals surface area contributed by atoms with E-state index < -0.39 is 0 Å². The summed E-state index contributed by atoms with van der Waals surface area (Å²) >= 11 is 0. The number of nitrogens with zero attached hydrogens (tertiary/aromatic N) is 2. The van der Waals surface area contributed by atoms with Crippen molar-refractivity contribution in [2.75, 3.05) is 0 Å². The summed E-state index contributed by atoms with van der Waals surface area (Å²) < 4.78 is 5.61. The van der Waals surface area contributed by atoms with Crippen molar-refractivity contribution >= 4 is 0 Å². The zero-order chi connectivity index (χ0) is 13.0. The van der Waals surface area contributed by atoms with Crippen LogP contribution in [0.2, 0.25) is 0 Å². The Bertz CT molecular complexity index is 509. The van der Waals surface area contributed by atoms with Crippen LogP contribution in [0.5, 0.6) is 11.8 Å². The fourth-order valence-corrected chi connectivity index (χ4v) is 1.54. The quantitative estimate of drug-likeness (QED) is 0.897. The highest BCUT2D eigenvalue weighted by atomic mass is 16.5. The van der Waals surface area contributed by atoms with Crippen LogP contribution < -0.4 is 10.5 Å². The van der Waals surface area contributed by atoms with Crippen molar-refractivity contribution in [2.45, 2.75) is 26.3 Å². The Hall–Kier alpha value is -1.94. The van der Waals surface area contributed by atoms with Crippen LogP contribution in [-0.2, 0) is 6.54 Å². The SMILES string of the molecule is CC(C)c1cccc(Oc2ncc(CN)cn2)c1. The fraction of sp³-hybridized carbons (Fsp3) is 0.286. The molecule has 0 aliphatic heterocycles. The van der Waals surface area contributed by atoms with Crippen molar-refractivity contribution < 1.29 is 4.74 Å². The summed E-state index contributed by atoms with van der Waals surface area (Å²) in [5.41, 5.74) is 7.60.